The number of carbonyl (C=O) groups excluding carboxylic acids is 2. The topological polar surface area (TPSA) is 70.8 Å². The van der Waals surface area contributed by atoms with Crippen molar-refractivity contribution in [2.45, 2.75) is 26.7 Å². The van der Waals surface area contributed by atoms with Crippen LogP contribution in [-0.2, 0) is 6.42 Å². The predicted molar refractivity (Wildman–Crippen MR) is 114 cm³/mol. The zero-order chi connectivity index (χ0) is 21.8. The molecule has 7 nitrogen and oxygen atoms in total. The molecule has 0 atom stereocenters. The van der Waals surface area contributed by atoms with Crippen molar-refractivity contribution in [3.05, 3.63) is 59.3 Å². The lowest BCUT2D eigenvalue weighted by Crippen LogP contribution is -2.49. The van der Waals surface area contributed by atoms with Crippen LogP contribution in [0.5, 0.6) is 0 Å². The Morgan fingerprint density at radius 2 is 1.81 bits per heavy atom. The number of Topliss-reactive ketones (excluding diaryl/α,β-unsaturated/α-hetero) is 1. The minimum Gasteiger partial charge on any atom is -0.366 e. The molecule has 2 aromatic heterocycles. The second-order valence-electron chi connectivity index (χ2n) is 9.08. The summed E-state index contributed by atoms with van der Waals surface area (Å²) in [6.07, 6.45) is 4.30. The molecular weight excluding hydrogens is 397 g/mol. The van der Waals surface area contributed by atoms with E-state index in [1.807, 2.05) is 11.0 Å². The molecule has 0 spiro atoms. The van der Waals surface area contributed by atoms with E-state index in [-0.39, 0.29) is 22.9 Å². The fourth-order valence-electron chi connectivity index (χ4n) is 4.61. The maximum atomic E-state index is 14.1. The van der Waals surface area contributed by atoms with E-state index < -0.39 is 0 Å². The highest BCUT2D eigenvalue weighted by Gasteiger charge is 2.34. The molecule has 160 valence electrons. The second kappa shape index (κ2) is 7.14. The number of rotatable bonds is 2. The number of nitrogens with zero attached hydrogens (tertiary/aromatic N) is 5. The molecule has 1 aromatic carbocycles. The van der Waals surface area contributed by atoms with Crippen LogP contribution in [0.1, 0.15) is 46.7 Å². The van der Waals surface area contributed by atoms with Gasteiger partial charge in [0, 0.05) is 38.8 Å². The molecule has 3 aromatic rings. The van der Waals surface area contributed by atoms with Gasteiger partial charge in [0.05, 0.1) is 23.1 Å². The Labute approximate surface area is 179 Å². The first-order valence-electron chi connectivity index (χ1n) is 10.5. The summed E-state index contributed by atoms with van der Waals surface area (Å²) < 4.78 is 15.7. The van der Waals surface area contributed by atoms with Crippen LogP contribution in [0.25, 0.3) is 5.65 Å². The summed E-state index contributed by atoms with van der Waals surface area (Å²) in [7, 11) is 0. The Kier molecular flexibility index (Phi) is 4.53. The van der Waals surface area contributed by atoms with E-state index in [1.165, 1.54) is 6.07 Å². The quantitative estimate of drug-likeness (QED) is 0.636. The van der Waals surface area contributed by atoms with Crippen molar-refractivity contribution in [2.75, 3.05) is 31.1 Å². The lowest BCUT2D eigenvalue weighted by Gasteiger charge is -2.36. The van der Waals surface area contributed by atoms with E-state index in [2.05, 4.69) is 23.9 Å². The molecule has 1 fully saturated rings. The Balaban J connectivity index is 1.39. The number of halogens is 1. The SMILES string of the molecule is CC1(C)CC(=O)c2cnc3c(C(=O)N4CCN(c5ccccc5F)CC4)cnn3c2C1. The zero-order valence-corrected chi connectivity index (χ0v) is 17.6. The first-order valence-corrected chi connectivity index (χ1v) is 10.5. The van der Waals surface area contributed by atoms with Crippen LogP contribution in [-0.4, -0.2) is 57.4 Å². The van der Waals surface area contributed by atoms with Gasteiger partial charge in [0.25, 0.3) is 5.91 Å². The van der Waals surface area contributed by atoms with Gasteiger partial charge in [0.2, 0.25) is 0 Å². The molecule has 31 heavy (non-hydrogen) atoms. The highest BCUT2D eigenvalue weighted by molar-refractivity contribution is 6.01. The molecule has 5 rings (SSSR count). The Morgan fingerprint density at radius 1 is 1.06 bits per heavy atom. The fourth-order valence-corrected chi connectivity index (χ4v) is 4.61. The van der Waals surface area contributed by atoms with Gasteiger partial charge in [-0.15, -0.1) is 0 Å². The van der Waals surface area contributed by atoms with Crippen molar-refractivity contribution in [1.29, 1.82) is 0 Å². The first kappa shape index (κ1) is 19.7. The van der Waals surface area contributed by atoms with Crippen LogP contribution in [0, 0.1) is 11.2 Å². The number of amides is 1. The highest BCUT2D eigenvalue weighted by Crippen LogP contribution is 2.34. The van der Waals surface area contributed by atoms with E-state index in [4.69, 9.17) is 0 Å². The van der Waals surface area contributed by atoms with Crippen molar-refractivity contribution in [2.24, 2.45) is 5.41 Å². The molecule has 1 aliphatic heterocycles. The van der Waals surface area contributed by atoms with E-state index in [0.29, 0.717) is 61.5 Å². The minimum atomic E-state index is -0.253. The van der Waals surface area contributed by atoms with Crippen LogP contribution in [0.15, 0.2) is 36.7 Å². The third-order valence-electron chi connectivity index (χ3n) is 6.20. The molecule has 1 saturated heterocycles. The van der Waals surface area contributed by atoms with Crippen molar-refractivity contribution >= 4 is 23.0 Å². The molecule has 1 amide bonds. The summed E-state index contributed by atoms with van der Waals surface area (Å²) in [6, 6.07) is 6.69. The predicted octanol–water partition coefficient (Wildman–Crippen LogP) is 2.99. The van der Waals surface area contributed by atoms with Gasteiger partial charge in [0.1, 0.15) is 11.4 Å². The third-order valence-corrected chi connectivity index (χ3v) is 6.20. The third kappa shape index (κ3) is 3.36. The van der Waals surface area contributed by atoms with Crippen LogP contribution < -0.4 is 4.90 Å². The molecule has 0 saturated carbocycles. The summed E-state index contributed by atoms with van der Waals surface area (Å²) in [5, 5.41) is 4.42. The van der Waals surface area contributed by atoms with Crippen molar-refractivity contribution in [3.8, 4) is 0 Å². The van der Waals surface area contributed by atoms with Crippen LogP contribution >= 0.6 is 0 Å². The van der Waals surface area contributed by atoms with E-state index >= 15 is 0 Å². The van der Waals surface area contributed by atoms with E-state index in [1.54, 1.807) is 33.9 Å². The average Bonchev–Trinajstić information content (AvgIpc) is 3.18. The molecule has 3 heterocycles. The standard InChI is InChI=1S/C23H24FN5O2/c1-23(2)11-19-15(20(30)12-23)13-25-21-16(14-26-29(19)21)22(31)28-9-7-27(8-10-28)18-6-4-3-5-17(18)24/h3-6,13-14H,7-12H2,1-2H3. The van der Waals surface area contributed by atoms with Crippen LogP contribution in [0.4, 0.5) is 10.1 Å². The lowest BCUT2D eigenvalue weighted by atomic mass is 9.76. The van der Waals surface area contributed by atoms with Gasteiger partial charge in [-0.1, -0.05) is 26.0 Å². The van der Waals surface area contributed by atoms with Gasteiger partial charge in [0.15, 0.2) is 11.4 Å². The number of ketones is 1. The van der Waals surface area contributed by atoms with Gasteiger partial charge in [-0.3, -0.25) is 9.59 Å². The monoisotopic (exact) mass is 421 g/mol. The number of piperazine rings is 1. The molecule has 0 N–H and O–H groups in total. The van der Waals surface area contributed by atoms with Gasteiger partial charge >= 0.3 is 0 Å². The minimum absolute atomic E-state index is 0.0632. The number of hydrogen-bond donors (Lipinski definition) is 0. The number of carbonyl (C=O) groups is 2. The average molecular weight is 421 g/mol. The van der Waals surface area contributed by atoms with Crippen LogP contribution in [0.3, 0.4) is 0 Å². The van der Waals surface area contributed by atoms with Crippen LogP contribution in [0.2, 0.25) is 0 Å². The maximum Gasteiger partial charge on any atom is 0.259 e. The molecule has 2 aliphatic rings. The number of anilines is 1. The molecule has 1 aliphatic carbocycles. The number of aromatic nitrogens is 3. The number of fused-ring (bicyclic) bond motifs is 3. The normalized spacial score (nSPS) is 18.4. The number of para-hydroxylation sites is 1. The zero-order valence-electron chi connectivity index (χ0n) is 17.6. The fraction of sp³-hybridized carbons (Fsp3) is 0.391. The molecule has 0 unspecified atom stereocenters. The maximum absolute atomic E-state index is 14.1. The highest BCUT2D eigenvalue weighted by atomic mass is 19.1. The summed E-state index contributed by atoms with van der Waals surface area (Å²) in [4.78, 5) is 33.9. The molecule has 0 radical (unpaired) electrons. The van der Waals surface area contributed by atoms with Gasteiger partial charge in [-0.25, -0.2) is 13.9 Å². The number of benzene rings is 1. The van der Waals surface area contributed by atoms with Crippen molar-refractivity contribution in [1.82, 2.24) is 19.5 Å². The number of hydrogen-bond acceptors (Lipinski definition) is 5. The summed E-state index contributed by atoms with van der Waals surface area (Å²) >= 11 is 0. The summed E-state index contributed by atoms with van der Waals surface area (Å²) in [6.45, 7) is 6.20. The Morgan fingerprint density at radius 3 is 2.55 bits per heavy atom. The molecule has 0 bridgehead atoms. The molecular formula is C23H24FN5O2. The second-order valence-corrected chi connectivity index (χ2v) is 9.08. The Hall–Kier alpha value is -3.29. The summed E-state index contributed by atoms with van der Waals surface area (Å²) in [5.74, 6) is -0.332. The lowest BCUT2D eigenvalue weighted by molar-refractivity contribution is 0.0748. The smallest absolute Gasteiger partial charge is 0.259 e. The van der Waals surface area contributed by atoms with E-state index in [0.717, 1.165) is 5.69 Å². The van der Waals surface area contributed by atoms with Gasteiger partial charge in [-0.05, 0) is 24.0 Å². The van der Waals surface area contributed by atoms with Crippen molar-refractivity contribution in [3.63, 3.8) is 0 Å². The Bertz CT molecular complexity index is 1190. The van der Waals surface area contributed by atoms with E-state index in [9.17, 15) is 14.0 Å². The first-order chi connectivity index (χ1) is 14.8. The largest absolute Gasteiger partial charge is 0.366 e. The van der Waals surface area contributed by atoms with Gasteiger partial charge < -0.3 is 9.80 Å². The molecule has 8 heteroatoms. The van der Waals surface area contributed by atoms with Crippen molar-refractivity contribution < 1.29 is 14.0 Å². The van der Waals surface area contributed by atoms with Gasteiger partial charge in [-0.2, -0.15) is 5.10 Å². The summed E-state index contributed by atoms with van der Waals surface area (Å²) in [5.41, 5.74) is 2.72.